The first-order chi connectivity index (χ1) is 12.5. The summed E-state index contributed by atoms with van der Waals surface area (Å²) < 4.78 is 63.4. The monoisotopic (exact) mass is 396 g/mol. The molecular weight excluding hydrogens is 381 g/mol. The normalized spacial score (nSPS) is 19.7. The highest BCUT2D eigenvalue weighted by Gasteiger charge is 2.50. The smallest absolute Gasteiger partial charge is 0.281 e. The molecule has 1 aliphatic rings. The Morgan fingerprint density at radius 2 is 2.07 bits per heavy atom. The van der Waals surface area contributed by atoms with E-state index in [-0.39, 0.29) is 27.5 Å². The van der Waals surface area contributed by atoms with Crippen LogP contribution in [0.1, 0.15) is 22.8 Å². The van der Waals surface area contributed by atoms with Crippen molar-refractivity contribution in [3.8, 4) is 17.7 Å². The Labute approximate surface area is 154 Å². The minimum atomic E-state index is -3.50. The maximum atomic E-state index is 14.2. The molecule has 1 aliphatic carbocycles. The summed E-state index contributed by atoms with van der Waals surface area (Å²) in [5, 5.41) is 18.8. The lowest BCUT2D eigenvalue weighted by Crippen LogP contribution is -2.22. The molecule has 0 saturated heterocycles. The molecule has 0 saturated carbocycles. The molecule has 0 aromatic heterocycles. The van der Waals surface area contributed by atoms with E-state index in [1.54, 1.807) is 6.92 Å². The highest BCUT2D eigenvalue weighted by Crippen LogP contribution is 2.49. The molecular formula is C18H15F3N2O3S. The van der Waals surface area contributed by atoms with Crippen molar-refractivity contribution in [2.45, 2.75) is 30.3 Å². The predicted molar refractivity (Wildman–Crippen MR) is 91.6 cm³/mol. The van der Waals surface area contributed by atoms with Crippen molar-refractivity contribution in [3.05, 3.63) is 52.8 Å². The van der Waals surface area contributed by atoms with E-state index in [9.17, 15) is 22.5 Å². The van der Waals surface area contributed by atoms with Crippen molar-refractivity contribution in [1.82, 2.24) is 0 Å². The standard InChI is InChI=1S/C18H15F3N2O3S/c1-10-5-11(19)7-12(6-10)26-14-3-4-15(27(2,25)23-9-22)16-13(14)8-18(20,21)17(16)24/h3-7,17,24H,8H2,1-2H3/t17-,27?/m0/s1. The van der Waals surface area contributed by atoms with Crippen molar-refractivity contribution in [2.24, 2.45) is 4.36 Å². The quantitative estimate of drug-likeness (QED) is 0.793. The lowest BCUT2D eigenvalue weighted by atomic mass is 10.1. The fourth-order valence-electron chi connectivity index (χ4n) is 3.09. The zero-order chi connectivity index (χ0) is 20.0. The van der Waals surface area contributed by atoms with Crippen molar-refractivity contribution in [2.75, 3.05) is 6.26 Å². The van der Waals surface area contributed by atoms with Crippen LogP contribution in [-0.2, 0) is 16.1 Å². The summed E-state index contributed by atoms with van der Waals surface area (Å²) in [6, 6.07) is 6.45. The first-order valence-electron chi connectivity index (χ1n) is 7.82. The third-order valence-corrected chi connectivity index (χ3v) is 5.83. The number of hydrogen-bond acceptors (Lipinski definition) is 5. The number of aryl methyl sites for hydroxylation is 1. The van der Waals surface area contributed by atoms with Gasteiger partial charge in [0.15, 0.2) is 0 Å². The van der Waals surface area contributed by atoms with Crippen molar-refractivity contribution in [1.29, 1.82) is 5.26 Å². The summed E-state index contributed by atoms with van der Waals surface area (Å²) in [5.74, 6) is -3.96. The first-order valence-corrected chi connectivity index (χ1v) is 9.74. The molecule has 9 heteroatoms. The molecule has 27 heavy (non-hydrogen) atoms. The minimum Gasteiger partial charge on any atom is -0.457 e. The molecule has 1 N–H and O–H groups in total. The average molecular weight is 396 g/mol. The fraction of sp³-hybridized carbons (Fsp3) is 0.278. The summed E-state index contributed by atoms with van der Waals surface area (Å²) in [6.07, 6.45) is -0.519. The van der Waals surface area contributed by atoms with Gasteiger partial charge in [-0.2, -0.15) is 5.26 Å². The molecule has 5 nitrogen and oxygen atoms in total. The van der Waals surface area contributed by atoms with E-state index >= 15 is 0 Å². The number of halogens is 3. The number of fused-ring (bicyclic) bond motifs is 1. The molecule has 0 bridgehead atoms. The van der Waals surface area contributed by atoms with Crippen LogP contribution in [0, 0.1) is 24.2 Å². The molecule has 0 amide bonds. The van der Waals surface area contributed by atoms with E-state index in [2.05, 4.69) is 4.36 Å². The highest BCUT2D eigenvalue weighted by molar-refractivity contribution is 7.93. The zero-order valence-electron chi connectivity index (χ0n) is 14.4. The number of rotatable bonds is 3. The maximum Gasteiger partial charge on any atom is 0.281 e. The van der Waals surface area contributed by atoms with Crippen LogP contribution < -0.4 is 4.74 Å². The van der Waals surface area contributed by atoms with Crippen molar-refractivity contribution < 1.29 is 27.2 Å². The Balaban J connectivity index is 2.19. The molecule has 2 atom stereocenters. The Hall–Kier alpha value is -2.57. The van der Waals surface area contributed by atoms with Gasteiger partial charge in [-0.05, 0) is 36.8 Å². The van der Waals surface area contributed by atoms with Crippen molar-refractivity contribution >= 4 is 9.73 Å². The molecule has 2 aromatic carbocycles. The lowest BCUT2D eigenvalue weighted by Gasteiger charge is -2.17. The second kappa shape index (κ2) is 6.55. The van der Waals surface area contributed by atoms with E-state index in [1.165, 1.54) is 30.5 Å². The molecule has 0 radical (unpaired) electrons. The number of nitriles is 1. The third-order valence-electron chi connectivity index (χ3n) is 4.23. The van der Waals surface area contributed by atoms with E-state index in [0.29, 0.717) is 5.56 Å². The lowest BCUT2D eigenvalue weighted by molar-refractivity contribution is -0.0976. The predicted octanol–water partition coefficient (Wildman–Crippen LogP) is 4.09. The van der Waals surface area contributed by atoms with Gasteiger partial charge in [0.2, 0.25) is 6.19 Å². The summed E-state index contributed by atoms with van der Waals surface area (Å²) in [5.41, 5.74) is 0.264. The van der Waals surface area contributed by atoms with E-state index in [1.807, 2.05) is 0 Å². The number of aliphatic hydroxyl groups excluding tert-OH is 1. The van der Waals surface area contributed by atoms with Crippen LogP contribution in [0.3, 0.4) is 0 Å². The number of hydrogen-bond donors (Lipinski definition) is 1. The van der Waals surface area contributed by atoms with Crippen LogP contribution in [-0.4, -0.2) is 21.5 Å². The summed E-state index contributed by atoms with van der Waals surface area (Å²) in [6.45, 7) is 1.65. The number of aliphatic hydroxyl groups is 1. The highest BCUT2D eigenvalue weighted by atomic mass is 32.2. The molecule has 0 fully saturated rings. The van der Waals surface area contributed by atoms with E-state index in [0.717, 1.165) is 12.3 Å². The van der Waals surface area contributed by atoms with Crippen LogP contribution in [0.4, 0.5) is 13.2 Å². The summed E-state index contributed by atoms with van der Waals surface area (Å²) >= 11 is 0. The van der Waals surface area contributed by atoms with E-state index in [4.69, 9.17) is 10.00 Å². The Morgan fingerprint density at radius 1 is 1.37 bits per heavy atom. The Kier molecular flexibility index (Phi) is 4.66. The van der Waals surface area contributed by atoms with Gasteiger partial charge in [-0.3, -0.25) is 0 Å². The first kappa shape index (κ1) is 19.2. The second-order valence-electron chi connectivity index (χ2n) is 6.35. The molecule has 3 rings (SSSR count). The molecule has 0 heterocycles. The van der Waals surface area contributed by atoms with E-state index < -0.39 is 34.0 Å². The molecule has 2 aromatic rings. The van der Waals surface area contributed by atoms with Gasteiger partial charge in [0.05, 0.1) is 14.6 Å². The Bertz CT molecular complexity index is 1070. The van der Waals surface area contributed by atoms with Gasteiger partial charge in [-0.15, -0.1) is 4.36 Å². The molecule has 142 valence electrons. The van der Waals surface area contributed by atoms with Crippen LogP contribution in [0.25, 0.3) is 0 Å². The summed E-state index contributed by atoms with van der Waals surface area (Å²) in [7, 11) is -3.32. The second-order valence-corrected chi connectivity index (χ2v) is 8.58. The minimum absolute atomic E-state index is 0.0119. The number of ether oxygens (including phenoxy) is 1. The van der Waals surface area contributed by atoms with Gasteiger partial charge in [0.25, 0.3) is 5.92 Å². The third kappa shape index (κ3) is 3.50. The van der Waals surface area contributed by atoms with Gasteiger partial charge < -0.3 is 9.84 Å². The van der Waals surface area contributed by atoms with Gasteiger partial charge in [0.1, 0.15) is 23.4 Å². The van der Waals surface area contributed by atoms with Gasteiger partial charge in [-0.25, -0.2) is 17.4 Å². The van der Waals surface area contributed by atoms with Gasteiger partial charge in [-0.1, -0.05) is 0 Å². The van der Waals surface area contributed by atoms with Crippen LogP contribution >= 0.6 is 0 Å². The van der Waals surface area contributed by atoms with Crippen LogP contribution in [0.5, 0.6) is 11.5 Å². The maximum absolute atomic E-state index is 14.2. The zero-order valence-corrected chi connectivity index (χ0v) is 15.2. The van der Waals surface area contributed by atoms with Gasteiger partial charge >= 0.3 is 0 Å². The van der Waals surface area contributed by atoms with Gasteiger partial charge in [0, 0.05) is 29.9 Å². The molecule has 0 aliphatic heterocycles. The number of alkyl halides is 2. The van der Waals surface area contributed by atoms with Crippen LogP contribution in [0.2, 0.25) is 0 Å². The number of benzene rings is 2. The Morgan fingerprint density at radius 3 is 2.70 bits per heavy atom. The molecule has 0 spiro atoms. The topological polar surface area (TPSA) is 82.7 Å². The van der Waals surface area contributed by atoms with Crippen LogP contribution in [0.15, 0.2) is 39.6 Å². The summed E-state index contributed by atoms with van der Waals surface area (Å²) in [4.78, 5) is -0.147. The average Bonchev–Trinajstić information content (AvgIpc) is 2.77. The largest absolute Gasteiger partial charge is 0.457 e. The number of nitrogens with zero attached hydrogens (tertiary/aromatic N) is 2. The molecule has 1 unspecified atom stereocenters. The SMILES string of the molecule is Cc1cc(F)cc(Oc2ccc(S(C)(=O)=NC#N)c3c2CC(F)(F)[C@H]3O)c1. The fourth-order valence-corrected chi connectivity index (χ4v) is 4.31. The van der Waals surface area contributed by atoms with Crippen molar-refractivity contribution in [3.63, 3.8) is 0 Å².